The zero-order chi connectivity index (χ0) is 26.1. The number of halogens is 3. The van der Waals surface area contributed by atoms with Crippen LogP contribution in [0, 0.1) is 17.5 Å². The molecule has 2 N–H and O–H groups in total. The number of fused-ring (bicyclic) bond motifs is 6. The highest BCUT2D eigenvalue weighted by Crippen LogP contribution is 2.48. The predicted molar refractivity (Wildman–Crippen MR) is 132 cm³/mol. The molecule has 0 saturated carbocycles. The van der Waals surface area contributed by atoms with E-state index >= 15 is 4.39 Å². The highest BCUT2D eigenvalue weighted by molar-refractivity contribution is 6.04. The molecule has 0 fully saturated rings. The second-order valence-electron chi connectivity index (χ2n) is 10.1. The molecule has 3 heterocycles. The molecular weight excluding hydrogens is 483 g/mol. The lowest BCUT2D eigenvalue weighted by molar-refractivity contribution is 0.0285. The monoisotopic (exact) mass is 507 g/mol. The van der Waals surface area contributed by atoms with Gasteiger partial charge in [0, 0.05) is 29.2 Å². The van der Waals surface area contributed by atoms with Crippen LogP contribution in [-0.4, -0.2) is 39.7 Å². The van der Waals surface area contributed by atoms with E-state index in [9.17, 15) is 18.7 Å². The summed E-state index contributed by atoms with van der Waals surface area (Å²) in [5.41, 5.74) is 1.49. The number of aliphatic hydroxyl groups is 1. The van der Waals surface area contributed by atoms with Gasteiger partial charge in [-0.05, 0) is 68.3 Å². The number of benzene rings is 3. The Bertz CT molecular complexity index is 1560. The lowest BCUT2D eigenvalue weighted by Gasteiger charge is -2.47. The molecule has 1 atom stereocenters. The van der Waals surface area contributed by atoms with Gasteiger partial charge < -0.3 is 24.6 Å². The van der Waals surface area contributed by atoms with Gasteiger partial charge in [0.2, 0.25) is 0 Å². The molecule has 2 aliphatic heterocycles. The van der Waals surface area contributed by atoms with Crippen LogP contribution in [0.5, 0.6) is 5.75 Å². The lowest BCUT2D eigenvalue weighted by Crippen LogP contribution is -2.51. The van der Waals surface area contributed by atoms with Crippen molar-refractivity contribution in [1.29, 1.82) is 0 Å². The average molecular weight is 508 g/mol. The number of aromatic nitrogens is 1. The van der Waals surface area contributed by atoms with Gasteiger partial charge in [0.15, 0.2) is 12.0 Å². The number of nitrogens with one attached hydrogen (secondary N) is 1. The van der Waals surface area contributed by atoms with Crippen molar-refractivity contribution in [2.45, 2.75) is 32.0 Å². The van der Waals surface area contributed by atoms with Crippen LogP contribution in [0.1, 0.15) is 41.6 Å². The normalized spacial score (nSPS) is 17.0. The minimum Gasteiger partial charge on any atom is -0.491 e. The number of rotatable bonds is 4. The maximum Gasteiger partial charge on any atom is 0.258 e. The van der Waals surface area contributed by atoms with Crippen LogP contribution < -0.4 is 9.64 Å². The standard InChI is InChI=1S/C28H24F3N3O3/c1-28(2,36)14-37-18-6-7-23-20(13-18)19-8-9-33-26(24(19)32-23)34(17-5-3-4-15(29)10-17)25-21(27(33)35)11-16(30)12-22(25)31/h3-7,10-13,26,32,36H,8-9,14H2,1-2H3. The van der Waals surface area contributed by atoms with Crippen molar-refractivity contribution in [3.05, 3.63) is 88.9 Å². The SMILES string of the molecule is CC(C)(O)COc1ccc2[nH]c3c(c2c1)CCN1C(=O)c2cc(F)cc(F)c2N(c2cccc(F)c2)C31. The van der Waals surface area contributed by atoms with Gasteiger partial charge in [-0.15, -0.1) is 0 Å². The molecule has 0 spiro atoms. The summed E-state index contributed by atoms with van der Waals surface area (Å²) in [6, 6.07) is 12.9. The fourth-order valence-electron chi connectivity index (χ4n) is 5.23. The summed E-state index contributed by atoms with van der Waals surface area (Å²) in [6.07, 6.45) is -0.310. The Morgan fingerprint density at radius 2 is 1.89 bits per heavy atom. The highest BCUT2D eigenvalue weighted by atomic mass is 19.1. The first-order valence-corrected chi connectivity index (χ1v) is 12.0. The first kappa shape index (κ1) is 23.4. The number of anilines is 2. The van der Waals surface area contributed by atoms with Crippen LogP contribution in [0.4, 0.5) is 24.5 Å². The molecule has 0 saturated heterocycles. The van der Waals surface area contributed by atoms with Crippen LogP contribution in [0.3, 0.4) is 0 Å². The number of aromatic amines is 1. The van der Waals surface area contributed by atoms with Gasteiger partial charge in [-0.3, -0.25) is 4.79 Å². The van der Waals surface area contributed by atoms with E-state index in [1.165, 1.54) is 18.2 Å². The van der Waals surface area contributed by atoms with E-state index < -0.39 is 35.1 Å². The van der Waals surface area contributed by atoms with Crippen LogP contribution in [0.25, 0.3) is 10.9 Å². The van der Waals surface area contributed by atoms with Gasteiger partial charge in [-0.1, -0.05) is 6.07 Å². The van der Waals surface area contributed by atoms with Gasteiger partial charge in [0.25, 0.3) is 5.91 Å². The van der Waals surface area contributed by atoms with E-state index in [1.54, 1.807) is 35.8 Å². The minimum atomic E-state index is -1.00. The zero-order valence-electron chi connectivity index (χ0n) is 20.2. The number of nitrogens with zero attached hydrogens (tertiary/aromatic N) is 2. The molecule has 6 rings (SSSR count). The Kier molecular flexibility index (Phi) is 5.24. The number of H-pyrrole nitrogens is 1. The Labute approximate surface area is 210 Å². The zero-order valence-corrected chi connectivity index (χ0v) is 20.2. The molecule has 6 nitrogen and oxygen atoms in total. The largest absolute Gasteiger partial charge is 0.491 e. The van der Waals surface area contributed by atoms with Crippen LogP contribution in [-0.2, 0) is 6.42 Å². The third kappa shape index (κ3) is 3.90. The molecule has 0 bridgehead atoms. The molecular formula is C28H24F3N3O3. The molecule has 1 unspecified atom stereocenters. The van der Waals surface area contributed by atoms with Gasteiger partial charge in [-0.25, -0.2) is 13.2 Å². The maximum absolute atomic E-state index is 15.3. The average Bonchev–Trinajstić information content (AvgIpc) is 3.21. The van der Waals surface area contributed by atoms with Crippen molar-refractivity contribution in [3.63, 3.8) is 0 Å². The fraction of sp³-hybridized carbons (Fsp3) is 0.250. The summed E-state index contributed by atoms with van der Waals surface area (Å²) in [4.78, 5) is 20.0. The second kappa shape index (κ2) is 8.27. The van der Waals surface area contributed by atoms with Gasteiger partial charge in [-0.2, -0.15) is 0 Å². The summed E-state index contributed by atoms with van der Waals surface area (Å²) >= 11 is 0. The third-order valence-electron chi connectivity index (χ3n) is 6.75. The van der Waals surface area contributed by atoms with E-state index in [-0.39, 0.29) is 17.9 Å². The van der Waals surface area contributed by atoms with E-state index in [4.69, 9.17) is 4.74 Å². The number of ether oxygens (including phenoxy) is 1. The molecule has 1 aromatic heterocycles. The Hall–Kier alpha value is -3.98. The van der Waals surface area contributed by atoms with Gasteiger partial charge in [0.1, 0.15) is 24.0 Å². The molecule has 1 amide bonds. The van der Waals surface area contributed by atoms with Gasteiger partial charge >= 0.3 is 0 Å². The molecule has 9 heteroatoms. The number of hydrogen-bond acceptors (Lipinski definition) is 4. The molecule has 2 aliphatic rings. The number of amides is 1. The maximum atomic E-state index is 15.3. The third-order valence-corrected chi connectivity index (χ3v) is 6.75. The van der Waals surface area contributed by atoms with Crippen LogP contribution >= 0.6 is 0 Å². The summed E-state index contributed by atoms with van der Waals surface area (Å²) in [7, 11) is 0. The summed E-state index contributed by atoms with van der Waals surface area (Å²) in [6.45, 7) is 3.71. The molecule has 190 valence electrons. The van der Waals surface area contributed by atoms with Crippen molar-refractivity contribution in [2.75, 3.05) is 18.1 Å². The Morgan fingerprint density at radius 3 is 2.65 bits per heavy atom. The summed E-state index contributed by atoms with van der Waals surface area (Å²) in [5.74, 6) is -2.20. The van der Waals surface area contributed by atoms with Crippen molar-refractivity contribution >= 4 is 28.2 Å². The number of carbonyl (C=O) groups excluding carboxylic acids is 1. The van der Waals surface area contributed by atoms with Gasteiger partial charge in [0.05, 0.1) is 22.5 Å². The molecule has 0 radical (unpaired) electrons. The van der Waals surface area contributed by atoms with E-state index in [0.29, 0.717) is 30.1 Å². The van der Waals surface area contributed by atoms with Crippen molar-refractivity contribution < 1.29 is 27.8 Å². The van der Waals surface area contributed by atoms with E-state index in [0.717, 1.165) is 28.6 Å². The van der Waals surface area contributed by atoms with E-state index in [1.807, 2.05) is 12.1 Å². The van der Waals surface area contributed by atoms with Crippen molar-refractivity contribution in [3.8, 4) is 5.75 Å². The van der Waals surface area contributed by atoms with Crippen LogP contribution in [0.2, 0.25) is 0 Å². The highest BCUT2D eigenvalue weighted by Gasteiger charge is 2.45. The van der Waals surface area contributed by atoms with Crippen molar-refractivity contribution in [2.24, 2.45) is 0 Å². The molecule has 3 aromatic carbocycles. The second-order valence-corrected chi connectivity index (χ2v) is 10.1. The quantitative estimate of drug-likeness (QED) is 0.378. The number of carbonyl (C=O) groups is 1. The molecule has 37 heavy (non-hydrogen) atoms. The fourth-order valence-corrected chi connectivity index (χ4v) is 5.23. The summed E-state index contributed by atoms with van der Waals surface area (Å²) < 4.78 is 49.6. The Morgan fingerprint density at radius 1 is 1.08 bits per heavy atom. The predicted octanol–water partition coefficient (Wildman–Crippen LogP) is 5.58. The smallest absolute Gasteiger partial charge is 0.258 e. The molecule has 4 aromatic rings. The topological polar surface area (TPSA) is 68.8 Å². The van der Waals surface area contributed by atoms with E-state index in [2.05, 4.69) is 4.98 Å². The first-order valence-electron chi connectivity index (χ1n) is 12.0. The Balaban J connectivity index is 1.54. The number of hydrogen-bond donors (Lipinski definition) is 2. The van der Waals surface area contributed by atoms with Crippen molar-refractivity contribution in [1.82, 2.24) is 9.88 Å². The summed E-state index contributed by atoms with van der Waals surface area (Å²) in [5, 5.41) is 10.9. The first-order chi connectivity index (χ1) is 17.6. The molecule has 0 aliphatic carbocycles. The lowest BCUT2D eigenvalue weighted by atomic mass is 9.94. The van der Waals surface area contributed by atoms with Crippen LogP contribution in [0.15, 0.2) is 54.6 Å². The minimum absolute atomic E-state index is 0.0982.